The number of amides is 1. The van der Waals surface area contributed by atoms with E-state index in [9.17, 15) is 14.4 Å². The molecule has 37 heavy (non-hydrogen) atoms. The maximum absolute atomic E-state index is 14.3. The number of carbonyl (C=O) groups is 1. The van der Waals surface area contributed by atoms with Gasteiger partial charge >= 0.3 is 0 Å². The van der Waals surface area contributed by atoms with Gasteiger partial charge in [-0.1, -0.05) is 18.2 Å². The minimum Gasteiger partial charge on any atom is -0.474 e. The maximum atomic E-state index is 14.3. The lowest BCUT2D eigenvalue weighted by Gasteiger charge is -2.29. The van der Waals surface area contributed by atoms with Gasteiger partial charge in [0, 0.05) is 31.4 Å². The summed E-state index contributed by atoms with van der Waals surface area (Å²) in [5.74, 6) is -0.594. The molecule has 0 bridgehead atoms. The van der Waals surface area contributed by atoms with Crippen molar-refractivity contribution in [2.45, 2.75) is 43.9 Å². The number of ether oxygens (including phenoxy) is 1. The zero-order valence-electron chi connectivity index (χ0n) is 20.2. The van der Waals surface area contributed by atoms with Crippen LogP contribution in [-0.4, -0.2) is 41.0 Å². The van der Waals surface area contributed by atoms with Crippen LogP contribution in [0.25, 0.3) is 0 Å². The third-order valence-corrected chi connectivity index (χ3v) is 7.03. The number of aromatic nitrogens is 1. The van der Waals surface area contributed by atoms with Crippen LogP contribution >= 0.6 is 0 Å². The second-order valence-corrected chi connectivity index (χ2v) is 9.50. The Balaban J connectivity index is 1.33. The van der Waals surface area contributed by atoms with Crippen LogP contribution in [0.5, 0.6) is 5.88 Å². The first-order chi connectivity index (χ1) is 18.0. The summed E-state index contributed by atoms with van der Waals surface area (Å²) in [4.78, 5) is 19.6. The monoisotopic (exact) mass is 495 g/mol. The second-order valence-electron chi connectivity index (χ2n) is 9.50. The number of rotatable bonds is 7. The standard InChI is InChI=1S/C29H26FN5O2/c30-26-14-20(16-32)6-10-25(26)29(36)34-23-12-13-35(18-23)28(21-7-4-19(15-31)5-8-21)22-9-11-27(33-17-22)37-24-2-1-3-24/h4-11,14,17,23-24,28H,1-3,12-13,18H2,(H,34,36)/t23-,28?/m1/s1. The number of likely N-dealkylation sites (tertiary alicyclic amines) is 1. The van der Waals surface area contributed by atoms with E-state index in [2.05, 4.69) is 21.3 Å². The van der Waals surface area contributed by atoms with E-state index in [0.29, 0.717) is 31.0 Å². The molecule has 186 valence electrons. The highest BCUT2D eigenvalue weighted by atomic mass is 19.1. The van der Waals surface area contributed by atoms with Gasteiger partial charge in [-0.15, -0.1) is 0 Å². The molecule has 0 radical (unpaired) electrons. The first kappa shape index (κ1) is 24.4. The fourth-order valence-electron chi connectivity index (χ4n) is 4.81. The molecule has 1 aliphatic carbocycles. The smallest absolute Gasteiger partial charge is 0.254 e. The molecule has 5 rings (SSSR count). The molecule has 1 N–H and O–H groups in total. The molecule has 2 aliphatic rings. The second kappa shape index (κ2) is 10.8. The number of hydrogen-bond acceptors (Lipinski definition) is 6. The molecule has 2 aromatic carbocycles. The first-order valence-corrected chi connectivity index (χ1v) is 12.4. The lowest BCUT2D eigenvalue weighted by atomic mass is 9.96. The number of nitriles is 2. The molecule has 3 aromatic rings. The van der Waals surface area contributed by atoms with Gasteiger partial charge in [0.25, 0.3) is 5.91 Å². The average Bonchev–Trinajstić information content (AvgIpc) is 3.35. The fraction of sp³-hybridized carbons (Fsp3) is 0.310. The molecule has 2 atom stereocenters. The number of benzene rings is 2. The van der Waals surface area contributed by atoms with Crippen molar-refractivity contribution < 1.29 is 13.9 Å². The van der Waals surface area contributed by atoms with E-state index in [1.165, 1.54) is 18.6 Å². The molecule has 1 saturated heterocycles. The van der Waals surface area contributed by atoms with Crippen LogP contribution in [0.1, 0.15) is 64.3 Å². The maximum Gasteiger partial charge on any atom is 0.254 e. The molecular weight excluding hydrogens is 469 g/mol. The number of hydrogen-bond donors (Lipinski definition) is 1. The van der Waals surface area contributed by atoms with Crippen LogP contribution < -0.4 is 10.1 Å². The third-order valence-electron chi connectivity index (χ3n) is 7.03. The van der Waals surface area contributed by atoms with E-state index in [4.69, 9.17) is 10.00 Å². The molecular formula is C29H26FN5O2. The van der Waals surface area contributed by atoms with Crippen molar-refractivity contribution in [3.8, 4) is 18.0 Å². The van der Waals surface area contributed by atoms with Crippen molar-refractivity contribution >= 4 is 5.91 Å². The molecule has 1 unspecified atom stereocenters. The van der Waals surface area contributed by atoms with Crippen molar-refractivity contribution in [1.82, 2.24) is 15.2 Å². The van der Waals surface area contributed by atoms with E-state index in [1.807, 2.05) is 36.5 Å². The zero-order chi connectivity index (χ0) is 25.8. The summed E-state index contributed by atoms with van der Waals surface area (Å²) in [6.45, 7) is 1.28. The summed E-state index contributed by atoms with van der Waals surface area (Å²) in [6.07, 6.45) is 6.08. The van der Waals surface area contributed by atoms with Gasteiger partial charge in [0.05, 0.1) is 34.9 Å². The molecule has 2 heterocycles. The lowest BCUT2D eigenvalue weighted by Crippen LogP contribution is -2.38. The van der Waals surface area contributed by atoms with Gasteiger partial charge in [-0.3, -0.25) is 9.69 Å². The van der Waals surface area contributed by atoms with Gasteiger partial charge in [-0.05, 0) is 67.1 Å². The number of nitrogens with one attached hydrogen (secondary N) is 1. The normalized spacial score (nSPS) is 18.3. The average molecular weight is 496 g/mol. The minimum absolute atomic E-state index is 0.0765. The Morgan fingerprint density at radius 2 is 1.76 bits per heavy atom. The van der Waals surface area contributed by atoms with E-state index in [1.54, 1.807) is 12.1 Å². The Kier molecular flexibility index (Phi) is 7.11. The molecule has 8 heteroatoms. The number of pyridine rings is 1. The van der Waals surface area contributed by atoms with Crippen molar-refractivity contribution in [2.75, 3.05) is 13.1 Å². The van der Waals surface area contributed by atoms with Crippen LogP contribution in [0, 0.1) is 28.5 Å². The Morgan fingerprint density at radius 1 is 1.03 bits per heavy atom. The predicted octanol–water partition coefficient (Wildman–Crippen LogP) is 4.49. The third kappa shape index (κ3) is 5.45. The Hall–Kier alpha value is -4.27. The van der Waals surface area contributed by atoms with Gasteiger partial charge in [-0.25, -0.2) is 9.37 Å². The first-order valence-electron chi connectivity index (χ1n) is 12.4. The van der Waals surface area contributed by atoms with Crippen molar-refractivity contribution in [1.29, 1.82) is 10.5 Å². The fourth-order valence-corrected chi connectivity index (χ4v) is 4.81. The van der Waals surface area contributed by atoms with E-state index < -0.39 is 11.7 Å². The summed E-state index contributed by atoms with van der Waals surface area (Å²) < 4.78 is 20.3. The van der Waals surface area contributed by atoms with Gasteiger partial charge in [0.15, 0.2) is 0 Å². The van der Waals surface area contributed by atoms with Crippen molar-refractivity contribution in [3.63, 3.8) is 0 Å². The highest BCUT2D eigenvalue weighted by Gasteiger charge is 2.32. The van der Waals surface area contributed by atoms with E-state index in [0.717, 1.165) is 30.0 Å². The predicted molar refractivity (Wildman–Crippen MR) is 134 cm³/mol. The molecule has 1 aliphatic heterocycles. The molecule has 1 amide bonds. The highest BCUT2D eigenvalue weighted by molar-refractivity contribution is 5.94. The highest BCUT2D eigenvalue weighted by Crippen LogP contribution is 2.33. The van der Waals surface area contributed by atoms with Gasteiger partial charge in [0.2, 0.25) is 5.88 Å². The van der Waals surface area contributed by atoms with Crippen molar-refractivity contribution in [3.05, 3.63) is 94.4 Å². The van der Waals surface area contributed by atoms with E-state index >= 15 is 0 Å². The van der Waals surface area contributed by atoms with Crippen LogP contribution in [-0.2, 0) is 0 Å². The summed E-state index contributed by atoms with van der Waals surface area (Å²) in [5.41, 5.74) is 2.67. The lowest BCUT2D eigenvalue weighted by molar-refractivity contribution is 0.0932. The molecule has 2 fully saturated rings. The van der Waals surface area contributed by atoms with Gasteiger partial charge in [0.1, 0.15) is 11.9 Å². The summed E-state index contributed by atoms with van der Waals surface area (Å²) in [6, 6.07) is 19.0. The Labute approximate surface area is 215 Å². The largest absolute Gasteiger partial charge is 0.474 e. The molecule has 1 aromatic heterocycles. The number of nitrogens with zero attached hydrogens (tertiary/aromatic N) is 4. The zero-order valence-corrected chi connectivity index (χ0v) is 20.2. The van der Waals surface area contributed by atoms with Crippen LogP contribution in [0.3, 0.4) is 0 Å². The summed E-state index contributed by atoms with van der Waals surface area (Å²) in [5, 5.41) is 21.1. The SMILES string of the molecule is N#Cc1ccc(C(c2ccc(OC3CCC3)nc2)N2CC[C@@H](NC(=O)c3ccc(C#N)cc3F)C2)cc1. The minimum atomic E-state index is -0.711. The molecule has 7 nitrogen and oxygen atoms in total. The van der Waals surface area contributed by atoms with Crippen molar-refractivity contribution in [2.24, 2.45) is 0 Å². The van der Waals surface area contributed by atoms with Crippen LogP contribution in [0.15, 0.2) is 60.8 Å². The summed E-state index contributed by atoms with van der Waals surface area (Å²) >= 11 is 0. The van der Waals surface area contributed by atoms with Crippen LogP contribution in [0.2, 0.25) is 0 Å². The summed E-state index contributed by atoms with van der Waals surface area (Å²) in [7, 11) is 0. The number of carbonyl (C=O) groups excluding carboxylic acids is 1. The van der Waals surface area contributed by atoms with E-state index in [-0.39, 0.29) is 29.3 Å². The number of halogens is 1. The van der Waals surface area contributed by atoms with Gasteiger partial charge in [-0.2, -0.15) is 10.5 Å². The molecule has 0 spiro atoms. The topological polar surface area (TPSA) is 102 Å². The molecule has 1 saturated carbocycles. The Bertz CT molecular complexity index is 1360. The van der Waals surface area contributed by atoms with Gasteiger partial charge < -0.3 is 10.1 Å². The quantitative estimate of drug-likeness (QED) is 0.518. The Morgan fingerprint density at radius 3 is 2.38 bits per heavy atom. The van der Waals surface area contributed by atoms with Crippen LogP contribution in [0.4, 0.5) is 4.39 Å².